The number of piperidine rings is 2. The second-order valence-electron chi connectivity index (χ2n) is 8.70. The standard InChI is InChI=1S/C22H27N3O2S/c1-15(26)23-8-6-18(7-9-23)24-12-16-11-17(14-24)22-19(20-3-2-10-28-20)4-5-21(27)25(22)13-16/h2-5,10,16-18H,6-9,11-14H2,1H3/p+1/t16-,17+/m0/s1. The second-order valence-corrected chi connectivity index (χ2v) is 9.65. The molecule has 2 saturated heterocycles. The Balaban J connectivity index is 1.43. The molecule has 1 amide bonds. The number of nitrogens with zero attached hydrogens (tertiary/aromatic N) is 2. The van der Waals surface area contributed by atoms with Crippen LogP contribution in [-0.4, -0.2) is 47.6 Å². The largest absolute Gasteiger partial charge is 0.342 e. The van der Waals surface area contributed by atoms with Crippen molar-refractivity contribution >= 4 is 17.2 Å². The molecule has 148 valence electrons. The van der Waals surface area contributed by atoms with Crippen molar-refractivity contribution < 1.29 is 9.69 Å². The lowest BCUT2D eigenvalue weighted by atomic mass is 9.80. The van der Waals surface area contributed by atoms with Gasteiger partial charge in [-0.15, -0.1) is 11.3 Å². The van der Waals surface area contributed by atoms with Crippen LogP contribution in [0.3, 0.4) is 0 Å². The molecule has 2 aromatic rings. The average Bonchev–Trinajstić information content (AvgIpc) is 3.23. The molecular formula is C22H28N3O2S+. The van der Waals surface area contributed by atoms with E-state index in [9.17, 15) is 9.59 Å². The van der Waals surface area contributed by atoms with Gasteiger partial charge in [-0.1, -0.05) is 6.07 Å². The first-order valence-electron chi connectivity index (χ1n) is 10.5. The topological polar surface area (TPSA) is 46.8 Å². The molecule has 1 unspecified atom stereocenters. The molecule has 0 spiro atoms. The number of aromatic nitrogens is 1. The molecule has 5 nitrogen and oxygen atoms in total. The van der Waals surface area contributed by atoms with Crippen molar-refractivity contribution in [3.05, 3.63) is 45.7 Å². The van der Waals surface area contributed by atoms with E-state index in [1.165, 1.54) is 22.6 Å². The summed E-state index contributed by atoms with van der Waals surface area (Å²) in [5.41, 5.74) is 2.68. The minimum absolute atomic E-state index is 0.156. The summed E-state index contributed by atoms with van der Waals surface area (Å²) >= 11 is 1.76. The summed E-state index contributed by atoms with van der Waals surface area (Å²) in [6, 6.07) is 8.70. The Morgan fingerprint density at radius 1 is 1.18 bits per heavy atom. The summed E-state index contributed by atoms with van der Waals surface area (Å²) < 4.78 is 2.07. The van der Waals surface area contributed by atoms with E-state index in [0.717, 1.165) is 45.6 Å². The SMILES string of the molecule is CC(=O)N1CCC([NH+]2C[C@@H]3C[C@H](C2)c2c(-c4cccs4)ccc(=O)n2C3)CC1. The van der Waals surface area contributed by atoms with Crippen LogP contribution in [0.2, 0.25) is 0 Å². The summed E-state index contributed by atoms with van der Waals surface area (Å²) in [5, 5.41) is 2.12. The maximum absolute atomic E-state index is 12.6. The fourth-order valence-electron chi connectivity index (χ4n) is 5.74. The van der Waals surface area contributed by atoms with Crippen LogP contribution in [0.1, 0.15) is 37.8 Å². The van der Waals surface area contributed by atoms with E-state index in [1.54, 1.807) is 29.2 Å². The smallest absolute Gasteiger partial charge is 0.250 e. The van der Waals surface area contributed by atoms with Gasteiger partial charge in [-0.3, -0.25) is 9.59 Å². The second kappa shape index (κ2) is 7.16. The molecule has 3 atom stereocenters. The third-order valence-corrected chi connectivity index (χ3v) is 7.94. The maximum Gasteiger partial charge on any atom is 0.250 e. The van der Waals surface area contributed by atoms with Crippen molar-refractivity contribution in [2.75, 3.05) is 26.2 Å². The van der Waals surface area contributed by atoms with E-state index in [2.05, 4.69) is 22.1 Å². The van der Waals surface area contributed by atoms with Crippen LogP contribution in [0.25, 0.3) is 10.4 Å². The summed E-state index contributed by atoms with van der Waals surface area (Å²) in [4.78, 5) is 29.2. The highest BCUT2D eigenvalue weighted by Gasteiger charge is 2.41. The zero-order valence-electron chi connectivity index (χ0n) is 16.4. The van der Waals surface area contributed by atoms with Crippen LogP contribution in [0.5, 0.6) is 0 Å². The number of thiophene rings is 1. The summed E-state index contributed by atoms with van der Waals surface area (Å²) in [6.45, 7) is 6.61. The van der Waals surface area contributed by atoms with Gasteiger partial charge in [-0.25, -0.2) is 0 Å². The van der Waals surface area contributed by atoms with Crippen LogP contribution >= 0.6 is 11.3 Å². The molecule has 28 heavy (non-hydrogen) atoms. The van der Waals surface area contributed by atoms with Crippen molar-refractivity contribution in [2.45, 2.75) is 44.7 Å². The van der Waals surface area contributed by atoms with E-state index >= 15 is 0 Å². The number of amides is 1. The number of carbonyl (C=O) groups is 1. The Morgan fingerprint density at radius 2 is 2.00 bits per heavy atom. The van der Waals surface area contributed by atoms with Gasteiger partial charge in [0.1, 0.15) is 0 Å². The fourth-order valence-corrected chi connectivity index (χ4v) is 6.50. The Labute approximate surface area is 169 Å². The normalized spacial score (nSPS) is 27.5. The number of hydrogen-bond donors (Lipinski definition) is 1. The summed E-state index contributed by atoms with van der Waals surface area (Å²) in [6.07, 6.45) is 3.42. The Kier molecular flexibility index (Phi) is 4.63. The van der Waals surface area contributed by atoms with E-state index in [0.29, 0.717) is 17.9 Å². The average molecular weight is 399 g/mol. The van der Waals surface area contributed by atoms with Gasteiger partial charge >= 0.3 is 0 Å². The van der Waals surface area contributed by atoms with E-state index in [-0.39, 0.29) is 11.5 Å². The van der Waals surface area contributed by atoms with Crippen molar-refractivity contribution in [1.82, 2.24) is 9.47 Å². The van der Waals surface area contributed by atoms with Crippen LogP contribution < -0.4 is 10.5 Å². The molecular weight excluding hydrogens is 370 g/mol. The first kappa shape index (κ1) is 18.1. The first-order chi connectivity index (χ1) is 13.6. The number of nitrogens with one attached hydrogen (secondary N) is 1. The molecule has 3 aliphatic heterocycles. The molecule has 0 radical (unpaired) electrons. The van der Waals surface area contributed by atoms with Crippen LogP contribution in [-0.2, 0) is 11.3 Å². The van der Waals surface area contributed by atoms with Crippen LogP contribution in [0.4, 0.5) is 0 Å². The van der Waals surface area contributed by atoms with E-state index in [1.807, 2.05) is 11.0 Å². The molecule has 0 aromatic carbocycles. The summed E-state index contributed by atoms with van der Waals surface area (Å²) in [5.74, 6) is 1.25. The van der Waals surface area contributed by atoms with Gasteiger partial charge in [0.05, 0.1) is 19.1 Å². The predicted molar refractivity (Wildman–Crippen MR) is 111 cm³/mol. The maximum atomic E-state index is 12.6. The molecule has 2 aromatic heterocycles. The predicted octanol–water partition coefficient (Wildman–Crippen LogP) is 1.59. The third kappa shape index (κ3) is 3.12. The van der Waals surface area contributed by atoms with E-state index in [4.69, 9.17) is 0 Å². The highest BCUT2D eigenvalue weighted by molar-refractivity contribution is 7.13. The number of rotatable bonds is 2. The van der Waals surface area contributed by atoms with Crippen LogP contribution in [0.15, 0.2) is 34.4 Å². The number of likely N-dealkylation sites (tertiary alicyclic amines) is 2. The van der Waals surface area contributed by atoms with Crippen molar-refractivity contribution in [1.29, 1.82) is 0 Å². The number of fused-ring (bicyclic) bond motifs is 4. The van der Waals surface area contributed by atoms with Gasteiger partial charge in [0.2, 0.25) is 5.91 Å². The highest BCUT2D eigenvalue weighted by atomic mass is 32.1. The Hall–Kier alpha value is -1.92. The minimum Gasteiger partial charge on any atom is -0.342 e. The number of carbonyl (C=O) groups excluding carboxylic acids is 1. The first-order valence-corrected chi connectivity index (χ1v) is 11.4. The zero-order valence-corrected chi connectivity index (χ0v) is 17.2. The van der Waals surface area contributed by atoms with Crippen molar-refractivity contribution in [3.8, 4) is 10.4 Å². The van der Waals surface area contributed by atoms with Gasteiger partial charge in [0.15, 0.2) is 0 Å². The minimum atomic E-state index is 0.156. The molecule has 2 bridgehead atoms. The molecule has 0 aliphatic carbocycles. The van der Waals surface area contributed by atoms with Crippen molar-refractivity contribution in [3.63, 3.8) is 0 Å². The lowest BCUT2D eigenvalue weighted by Gasteiger charge is -2.45. The molecule has 3 aliphatic rings. The molecule has 5 heterocycles. The number of quaternary nitrogens is 1. The van der Waals surface area contributed by atoms with Gasteiger partial charge in [0, 0.05) is 73.4 Å². The lowest BCUT2D eigenvalue weighted by molar-refractivity contribution is -0.937. The molecule has 1 N–H and O–H groups in total. The summed E-state index contributed by atoms with van der Waals surface area (Å²) in [7, 11) is 0. The number of hydrogen-bond acceptors (Lipinski definition) is 3. The van der Waals surface area contributed by atoms with Gasteiger partial charge < -0.3 is 14.4 Å². The van der Waals surface area contributed by atoms with Gasteiger partial charge in [-0.05, 0) is 23.9 Å². The van der Waals surface area contributed by atoms with Crippen LogP contribution in [0, 0.1) is 5.92 Å². The molecule has 2 fully saturated rings. The van der Waals surface area contributed by atoms with Crippen molar-refractivity contribution in [2.24, 2.45) is 5.92 Å². The molecule has 0 saturated carbocycles. The third-order valence-electron chi connectivity index (χ3n) is 7.03. The zero-order chi connectivity index (χ0) is 19.3. The Morgan fingerprint density at radius 3 is 2.71 bits per heavy atom. The monoisotopic (exact) mass is 398 g/mol. The Bertz CT molecular complexity index is 928. The highest BCUT2D eigenvalue weighted by Crippen LogP contribution is 2.38. The number of pyridine rings is 1. The quantitative estimate of drug-likeness (QED) is 0.835. The lowest BCUT2D eigenvalue weighted by Crippen LogP contribution is -3.18. The van der Waals surface area contributed by atoms with Gasteiger partial charge in [-0.2, -0.15) is 0 Å². The molecule has 5 rings (SSSR count). The van der Waals surface area contributed by atoms with E-state index < -0.39 is 0 Å². The fraction of sp³-hybridized carbons (Fsp3) is 0.545. The van der Waals surface area contributed by atoms with Gasteiger partial charge in [0.25, 0.3) is 5.56 Å². The molecule has 6 heteroatoms.